The standard InChI is InChI=1S/C20H22N2O3/c1-13-7-5-6-8-15(13)18(23)21-14-9-10-16-17(11-14)25-12-20(2,3)19(24)22(16)4/h5-11H,12H2,1-4H3,(H,21,23). The zero-order chi connectivity index (χ0) is 18.2. The summed E-state index contributed by atoms with van der Waals surface area (Å²) in [6.07, 6.45) is 0. The first-order valence-corrected chi connectivity index (χ1v) is 8.21. The van der Waals surface area contributed by atoms with Gasteiger partial charge in [-0.15, -0.1) is 0 Å². The van der Waals surface area contributed by atoms with Gasteiger partial charge >= 0.3 is 0 Å². The van der Waals surface area contributed by atoms with Crippen LogP contribution in [0.4, 0.5) is 11.4 Å². The van der Waals surface area contributed by atoms with E-state index in [1.165, 1.54) is 0 Å². The van der Waals surface area contributed by atoms with E-state index in [-0.39, 0.29) is 11.8 Å². The molecule has 130 valence electrons. The Hall–Kier alpha value is -2.82. The van der Waals surface area contributed by atoms with Crippen LogP contribution in [0, 0.1) is 12.3 Å². The summed E-state index contributed by atoms with van der Waals surface area (Å²) in [6, 6.07) is 12.8. The number of carbonyl (C=O) groups is 2. The molecule has 5 heteroatoms. The van der Waals surface area contributed by atoms with E-state index in [1.807, 2.05) is 39.0 Å². The van der Waals surface area contributed by atoms with Crippen LogP contribution >= 0.6 is 0 Å². The Morgan fingerprint density at radius 2 is 1.92 bits per heavy atom. The summed E-state index contributed by atoms with van der Waals surface area (Å²) in [5.41, 5.74) is 2.28. The summed E-state index contributed by atoms with van der Waals surface area (Å²) in [6.45, 7) is 5.91. The van der Waals surface area contributed by atoms with Gasteiger partial charge in [-0.05, 0) is 44.5 Å². The summed E-state index contributed by atoms with van der Waals surface area (Å²) in [5.74, 6) is 0.420. The smallest absolute Gasteiger partial charge is 0.255 e. The van der Waals surface area contributed by atoms with Gasteiger partial charge in [0, 0.05) is 24.4 Å². The normalized spacial score (nSPS) is 15.8. The highest BCUT2D eigenvalue weighted by Crippen LogP contribution is 2.37. The first kappa shape index (κ1) is 17.0. The van der Waals surface area contributed by atoms with Gasteiger partial charge in [0.1, 0.15) is 12.4 Å². The van der Waals surface area contributed by atoms with Crippen molar-refractivity contribution >= 4 is 23.2 Å². The predicted molar refractivity (Wildman–Crippen MR) is 98.3 cm³/mol. The van der Waals surface area contributed by atoms with Crippen molar-refractivity contribution in [3.8, 4) is 5.75 Å². The third-order valence-corrected chi connectivity index (χ3v) is 4.44. The van der Waals surface area contributed by atoms with E-state index in [2.05, 4.69) is 5.32 Å². The SMILES string of the molecule is Cc1ccccc1C(=O)Nc1ccc2c(c1)OCC(C)(C)C(=O)N2C. The average molecular weight is 338 g/mol. The van der Waals surface area contributed by atoms with E-state index < -0.39 is 5.41 Å². The molecule has 3 rings (SSSR count). The Bertz CT molecular complexity index is 843. The number of nitrogens with one attached hydrogen (secondary N) is 1. The van der Waals surface area contributed by atoms with Crippen LogP contribution in [0.5, 0.6) is 5.75 Å². The Labute approximate surface area is 147 Å². The summed E-state index contributed by atoms with van der Waals surface area (Å²) in [5, 5.41) is 2.89. The average Bonchev–Trinajstić information content (AvgIpc) is 2.66. The van der Waals surface area contributed by atoms with Crippen LogP contribution in [0.25, 0.3) is 0 Å². The molecule has 0 saturated heterocycles. The lowest BCUT2D eigenvalue weighted by Crippen LogP contribution is -2.39. The molecule has 1 aliphatic rings. The van der Waals surface area contributed by atoms with Crippen molar-refractivity contribution in [3.63, 3.8) is 0 Å². The molecule has 0 saturated carbocycles. The fourth-order valence-electron chi connectivity index (χ4n) is 2.89. The number of aryl methyl sites for hydroxylation is 1. The van der Waals surface area contributed by atoms with Crippen LogP contribution in [-0.4, -0.2) is 25.5 Å². The molecule has 2 aromatic carbocycles. The van der Waals surface area contributed by atoms with Gasteiger partial charge in [0.15, 0.2) is 0 Å². The maximum absolute atomic E-state index is 12.5. The maximum Gasteiger partial charge on any atom is 0.255 e. The maximum atomic E-state index is 12.5. The first-order valence-electron chi connectivity index (χ1n) is 8.21. The third kappa shape index (κ3) is 3.22. The summed E-state index contributed by atoms with van der Waals surface area (Å²) in [4.78, 5) is 26.6. The lowest BCUT2D eigenvalue weighted by atomic mass is 9.93. The number of ether oxygens (including phenoxy) is 1. The second kappa shape index (κ2) is 6.24. The van der Waals surface area contributed by atoms with E-state index in [0.717, 1.165) is 5.56 Å². The topological polar surface area (TPSA) is 58.6 Å². The quantitative estimate of drug-likeness (QED) is 0.910. The molecule has 25 heavy (non-hydrogen) atoms. The van der Waals surface area contributed by atoms with Crippen LogP contribution in [-0.2, 0) is 4.79 Å². The number of amides is 2. The van der Waals surface area contributed by atoms with Crippen molar-refractivity contribution in [3.05, 3.63) is 53.6 Å². The van der Waals surface area contributed by atoms with E-state index in [0.29, 0.717) is 29.3 Å². The Morgan fingerprint density at radius 3 is 2.64 bits per heavy atom. The van der Waals surface area contributed by atoms with Crippen molar-refractivity contribution in [2.24, 2.45) is 5.41 Å². The van der Waals surface area contributed by atoms with E-state index in [4.69, 9.17) is 4.74 Å². The van der Waals surface area contributed by atoms with Crippen molar-refractivity contribution in [1.29, 1.82) is 0 Å². The molecule has 0 fully saturated rings. The van der Waals surface area contributed by atoms with Gasteiger partial charge in [0.2, 0.25) is 5.91 Å². The second-order valence-corrected chi connectivity index (χ2v) is 6.99. The number of nitrogens with zero attached hydrogens (tertiary/aromatic N) is 1. The summed E-state index contributed by atoms with van der Waals surface area (Å²) < 4.78 is 5.84. The molecular weight excluding hydrogens is 316 g/mol. The van der Waals surface area contributed by atoms with E-state index in [9.17, 15) is 9.59 Å². The summed E-state index contributed by atoms with van der Waals surface area (Å²) >= 11 is 0. The molecule has 1 heterocycles. The fourth-order valence-corrected chi connectivity index (χ4v) is 2.89. The number of carbonyl (C=O) groups excluding carboxylic acids is 2. The minimum absolute atomic E-state index is 0.00273. The van der Waals surface area contributed by atoms with Gasteiger partial charge in [0.05, 0.1) is 11.1 Å². The predicted octanol–water partition coefficient (Wildman–Crippen LogP) is 3.63. The van der Waals surface area contributed by atoms with Crippen LogP contribution < -0.4 is 15.0 Å². The van der Waals surface area contributed by atoms with Crippen molar-refractivity contribution in [2.45, 2.75) is 20.8 Å². The van der Waals surface area contributed by atoms with E-state index in [1.54, 1.807) is 36.2 Å². The molecule has 2 amide bonds. The Balaban J connectivity index is 1.88. The largest absolute Gasteiger partial charge is 0.490 e. The van der Waals surface area contributed by atoms with Crippen LogP contribution in [0.1, 0.15) is 29.8 Å². The van der Waals surface area contributed by atoms with Gasteiger partial charge in [-0.3, -0.25) is 9.59 Å². The molecule has 0 aromatic heterocycles. The highest BCUT2D eigenvalue weighted by atomic mass is 16.5. The van der Waals surface area contributed by atoms with Crippen molar-refractivity contribution in [2.75, 3.05) is 23.9 Å². The fraction of sp³-hybridized carbons (Fsp3) is 0.300. The minimum atomic E-state index is -0.599. The molecule has 5 nitrogen and oxygen atoms in total. The van der Waals surface area contributed by atoms with Gasteiger partial charge < -0.3 is 15.0 Å². The number of rotatable bonds is 2. The number of benzene rings is 2. The van der Waals surface area contributed by atoms with Crippen LogP contribution in [0.3, 0.4) is 0 Å². The van der Waals surface area contributed by atoms with Crippen LogP contribution in [0.2, 0.25) is 0 Å². The summed E-state index contributed by atoms with van der Waals surface area (Å²) in [7, 11) is 1.74. The third-order valence-electron chi connectivity index (χ3n) is 4.44. The molecule has 0 radical (unpaired) electrons. The second-order valence-electron chi connectivity index (χ2n) is 6.99. The zero-order valence-corrected chi connectivity index (χ0v) is 14.9. The molecule has 1 N–H and O–H groups in total. The van der Waals surface area contributed by atoms with Crippen molar-refractivity contribution < 1.29 is 14.3 Å². The highest BCUT2D eigenvalue weighted by Gasteiger charge is 2.36. The number of hydrogen-bond donors (Lipinski definition) is 1. The van der Waals surface area contributed by atoms with Gasteiger partial charge in [-0.1, -0.05) is 18.2 Å². The molecule has 2 aromatic rings. The lowest BCUT2D eigenvalue weighted by Gasteiger charge is -2.24. The molecule has 0 unspecified atom stereocenters. The molecule has 1 aliphatic heterocycles. The minimum Gasteiger partial charge on any atom is -0.490 e. The number of hydrogen-bond acceptors (Lipinski definition) is 3. The molecule has 0 atom stereocenters. The van der Waals surface area contributed by atoms with E-state index >= 15 is 0 Å². The van der Waals surface area contributed by atoms with Gasteiger partial charge in [-0.2, -0.15) is 0 Å². The Morgan fingerprint density at radius 1 is 1.20 bits per heavy atom. The molecule has 0 spiro atoms. The lowest BCUT2D eigenvalue weighted by molar-refractivity contribution is -0.127. The number of fused-ring (bicyclic) bond motifs is 1. The van der Waals surface area contributed by atoms with Gasteiger partial charge in [-0.25, -0.2) is 0 Å². The van der Waals surface area contributed by atoms with Gasteiger partial charge in [0.25, 0.3) is 5.91 Å². The first-order chi connectivity index (χ1) is 11.8. The zero-order valence-electron chi connectivity index (χ0n) is 14.9. The highest BCUT2D eigenvalue weighted by molar-refractivity contribution is 6.06. The molecule has 0 aliphatic carbocycles. The molecular formula is C20H22N2O3. The molecule has 0 bridgehead atoms. The van der Waals surface area contributed by atoms with Crippen molar-refractivity contribution in [1.82, 2.24) is 0 Å². The monoisotopic (exact) mass is 338 g/mol. The Kier molecular flexibility index (Phi) is 4.25. The van der Waals surface area contributed by atoms with Crippen LogP contribution in [0.15, 0.2) is 42.5 Å². The number of anilines is 2.